The van der Waals surface area contributed by atoms with Crippen molar-refractivity contribution in [3.05, 3.63) is 31.0 Å². The number of hydrogen-bond acceptors (Lipinski definition) is 6. The van der Waals surface area contributed by atoms with E-state index in [0.29, 0.717) is 12.4 Å². The normalized spacial score (nSPS) is 12.5. The van der Waals surface area contributed by atoms with Crippen LogP contribution in [0, 0.1) is 0 Å². The third-order valence-electron chi connectivity index (χ3n) is 2.77. The lowest BCUT2D eigenvalue weighted by molar-refractivity contribution is 0.0526. The number of aromatic nitrogens is 4. The molecule has 0 radical (unpaired) electrons. The Morgan fingerprint density at radius 2 is 2.17 bits per heavy atom. The third-order valence-corrected chi connectivity index (χ3v) is 2.77. The van der Waals surface area contributed by atoms with Crippen molar-refractivity contribution in [3.63, 3.8) is 0 Å². The van der Waals surface area contributed by atoms with E-state index >= 15 is 0 Å². The Balaban J connectivity index is 1.81. The minimum atomic E-state index is -0.498. The van der Waals surface area contributed by atoms with E-state index in [1.807, 2.05) is 39.8 Å². The number of nitrogens with one attached hydrogen (secondary N) is 2. The molecule has 0 aliphatic carbocycles. The molecule has 124 valence electrons. The molecule has 0 bridgehead atoms. The quantitative estimate of drug-likeness (QED) is 0.875. The lowest BCUT2D eigenvalue weighted by Gasteiger charge is -2.21. The summed E-state index contributed by atoms with van der Waals surface area (Å²) in [5.74, 6) is 0.688. The van der Waals surface area contributed by atoms with Crippen molar-refractivity contribution in [3.8, 4) is 5.82 Å². The van der Waals surface area contributed by atoms with Crippen LogP contribution in [-0.4, -0.2) is 44.0 Å². The average Bonchev–Trinajstić information content (AvgIpc) is 2.98. The molecule has 0 aromatic carbocycles. The molecule has 0 fully saturated rings. The van der Waals surface area contributed by atoms with Crippen molar-refractivity contribution in [2.75, 3.05) is 11.9 Å². The highest BCUT2D eigenvalue weighted by Crippen LogP contribution is 2.10. The summed E-state index contributed by atoms with van der Waals surface area (Å²) in [4.78, 5) is 19.8. The highest BCUT2D eigenvalue weighted by atomic mass is 16.6. The van der Waals surface area contributed by atoms with Gasteiger partial charge in [-0.25, -0.2) is 19.4 Å². The SMILES string of the molecule is CC(CNC(=O)OC(C)(C)C)Nc1ccc(-n2cncn2)nc1. The summed E-state index contributed by atoms with van der Waals surface area (Å²) < 4.78 is 6.77. The van der Waals surface area contributed by atoms with Crippen LogP contribution < -0.4 is 10.6 Å². The lowest BCUT2D eigenvalue weighted by atomic mass is 10.2. The molecule has 8 heteroatoms. The van der Waals surface area contributed by atoms with Crippen LogP contribution in [0.25, 0.3) is 5.82 Å². The molecule has 0 saturated carbocycles. The molecule has 0 aliphatic heterocycles. The summed E-state index contributed by atoms with van der Waals surface area (Å²) in [6.07, 6.45) is 4.33. The van der Waals surface area contributed by atoms with E-state index in [1.54, 1.807) is 17.2 Å². The van der Waals surface area contributed by atoms with E-state index in [4.69, 9.17) is 4.74 Å². The predicted molar refractivity (Wildman–Crippen MR) is 86.5 cm³/mol. The van der Waals surface area contributed by atoms with Crippen LogP contribution >= 0.6 is 0 Å². The second-order valence-corrected chi connectivity index (χ2v) is 6.17. The molecule has 2 N–H and O–H groups in total. The van der Waals surface area contributed by atoms with E-state index in [2.05, 4.69) is 25.7 Å². The van der Waals surface area contributed by atoms with Gasteiger partial charge in [-0.2, -0.15) is 5.10 Å². The van der Waals surface area contributed by atoms with Gasteiger partial charge in [0.15, 0.2) is 5.82 Å². The van der Waals surface area contributed by atoms with E-state index in [9.17, 15) is 4.79 Å². The van der Waals surface area contributed by atoms with Gasteiger partial charge in [0.05, 0.1) is 11.9 Å². The van der Waals surface area contributed by atoms with Crippen LogP contribution in [-0.2, 0) is 4.74 Å². The molecule has 1 amide bonds. The topological polar surface area (TPSA) is 94.0 Å². The molecule has 2 rings (SSSR count). The number of hydrogen-bond donors (Lipinski definition) is 2. The minimum absolute atomic E-state index is 0.0292. The number of ether oxygens (including phenoxy) is 1. The zero-order valence-electron chi connectivity index (χ0n) is 13.8. The van der Waals surface area contributed by atoms with Crippen molar-refractivity contribution in [1.29, 1.82) is 0 Å². The number of alkyl carbamates (subject to hydrolysis) is 1. The fourth-order valence-corrected chi connectivity index (χ4v) is 1.82. The van der Waals surface area contributed by atoms with Gasteiger partial charge in [-0.3, -0.25) is 0 Å². The van der Waals surface area contributed by atoms with Crippen molar-refractivity contribution >= 4 is 11.8 Å². The maximum atomic E-state index is 11.6. The summed E-state index contributed by atoms with van der Waals surface area (Å²) in [6.45, 7) is 7.90. The molecule has 0 aliphatic rings. The van der Waals surface area contributed by atoms with Crippen molar-refractivity contribution < 1.29 is 9.53 Å². The second-order valence-electron chi connectivity index (χ2n) is 6.17. The number of carbonyl (C=O) groups is 1. The smallest absolute Gasteiger partial charge is 0.407 e. The summed E-state index contributed by atoms with van der Waals surface area (Å²) in [5.41, 5.74) is 0.356. The van der Waals surface area contributed by atoms with Gasteiger partial charge in [0.25, 0.3) is 0 Å². The van der Waals surface area contributed by atoms with E-state index in [0.717, 1.165) is 5.69 Å². The van der Waals surface area contributed by atoms with Gasteiger partial charge in [-0.05, 0) is 39.8 Å². The summed E-state index contributed by atoms with van der Waals surface area (Å²) in [6, 6.07) is 3.76. The van der Waals surface area contributed by atoms with E-state index in [-0.39, 0.29) is 6.04 Å². The summed E-state index contributed by atoms with van der Waals surface area (Å²) >= 11 is 0. The van der Waals surface area contributed by atoms with Gasteiger partial charge < -0.3 is 15.4 Å². The van der Waals surface area contributed by atoms with Gasteiger partial charge in [-0.15, -0.1) is 0 Å². The monoisotopic (exact) mass is 318 g/mol. The first-order chi connectivity index (χ1) is 10.8. The number of amides is 1. The van der Waals surface area contributed by atoms with E-state index < -0.39 is 11.7 Å². The second kappa shape index (κ2) is 7.08. The highest BCUT2D eigenvalue weighted by Gasteiger charge is 2.16. The van der Waals surface area contributed by atoms with Gasteiger partial charge >= 0.3 is 6.09 Å². The van der Waals surface area contributed by atoms with Crippen LogP contribution in [0.15, 0.2) is 31.0 Å². The first-order valence-corrected chi connectivity index (χ1v) is 7.38. The van der Waals surface area contributed by atoms with Crippen LogP contribution in [0.5, 0.6) is 0 Å². The highest BCUT2D eigenvalue weighted by molar-refractivity contribution is 5.67. The molecule has 8 nitrogen and oxygen atoms in total. The van der Waals surface area contributed by atoms with Crippen LogP contribution in [0.4, 0.5) is 10.5 Å². The van der Waals surface area contributed by atoms with Crippen molar-refractivity contribution in [1.82, 2.24) is 25.1 Å². The molecule has 1 unspecified atom stereocenters. The maximum Gasteiger partial charge on any atom is 0.407 e. The lowest BCUT2D eigenvalue weighted by Crippen LogP contribution is -2.38. The summed E-state index contributed by atoms with van der Waals surface area (Å²) in [7, 11) is 0. The standard InChI is InChI=1S/C15H22N6O2/c1-11(7-18-14(22)23-15(2,3)4)20-12-5-6-13(17-8-12)21-10-16-9-19-21/h5-6,8-11,20H,7H2,1-4H3,(H,18,22). The minimum Gasteiger partial charge on any atom is -0.444 e. The van der Waals surface area contributed by atoms with Crippen molar-refractivity contribution in [2.24, 2.45) is 0 Å². The molecule has 0 saturated heterocycles. The molecule has 2 aromatic rings. The predicted octanol–water partition coefficient (Wildman–Crippen LogP) is 1.99. The zero-order chi connectivity index (χ0) is 16.9. The third kappa shape index (κ3) is 5.57. The number of nitrogens with zero attached hydrogens (tertiary/aromatic N) is 4. The number of rotatable bonds is 5. The number of anilines is 1. The fraction of sp³-hybridized carbons (Fsp3) is 0.467. The molecular formula is C15H22N6O2. The molecule has 23 heavy (non-hydrogen) atoms. The number of pyridine rings is 1. The zero-order valence-corrected chi connectivity index (χ0v) is 13.8. The van der Waals surface area contributed by atoms with E-state index in [1.165, 1.54) is 6.33 Å². The first-order valence-electron chi connectivity index (χ1n) is 7.38. The average molecular weight is 318 g/mol. The molecular weight excluding hydrogens is 296 g/mol. The Morgan fingerprint density at radius 3 is 2.74 bits per heavy atom. The Morgan fingerprint density at radius 1 is 1.39 bits per heavy atom. The Kier molecular flexibility index (Phi) is 5.15. The fourth-order valence-electron chi connectivity index (χ4n) is 1.82. The molecule has 2 aromatic heterocycles. The maximum absolute atomic E-state index is 11.6. The van der Waals surface area contributed by atoms with Gasteiger partial charge in [0, 0.05) is 12.6 Å². The summed E-state index contributed by atoms with van der Waals surface area (Å²) in [5, 5.41) is 10.00. The van der Waals surface area contributed by atoms with Crippen LogP contribution in [0.1, 0.15) is 27.7 Å². The van der Waals surface area contributed by atoms with Gasteiger partial charge in [0.2, 0.25) is 0 Å². The molecule has 1 atom stereocenters. The first kappa shape index (κ1) is 16.7. The van der Waals surface area contributed by atoms with Gasteiger partial charge in [0.1, 0.15) is 18.3 Å². The molecule has 0 spiro atoms. The Hall–Kier alpha value is -2.64. The van der Waals surface area contributed by atoms with Crippen LogP contribution in [0.3, 0.4) is 0 Å². The molecule has 2 heterocycles. The Bertz CT molecular complexity index is 618. The Labute approximate surface area is 135 Å². The number of carbonyl (C=O) groups excluding carboxylic acids is 1. The largest absolute Gasteiger partial charge is 0.444 e. The van der Waals surface area contributed by atoms with Gasteiger partial charge in [-0.1, -0.05) is 0 Å². The van der Waals surface area contributed by atoms with Crippen LogP contribution in [0.2, 0.25) is 0 Å². The van der Waals surface area contributed by atoms with Crippen molar-refractivity contribution in [2.45, 2.75) is 39.3 Å².